The molecule has 6 rings (SSSR count). The molecule has 5 nitrogen and oxygen atoms in total. The molecule has 2 aliphatic carbocycles. The van der Waals surface area contributed by atoms with Crippen molar-refractivity contribution in [3.8, 4) is 5.75 Å². The van der Waals surface area contributed by atoms with E-state index in [0.29, 0.717) is 17.4 Å². The van der Waals surface area contributed by atoms with Gasteiger partial charge in [0.2, 0.25) is 0 Å². The lowest BCUT2D eigenvalue weighted by Crippen LogP contribution is -2.28. The van der Waals surface area contributed by atoms with Gasteiger partial charge in [-0.15, -0.1) is 0 Å². The number of fused-ring (bicyclic) bond motifs is 6. The molecule has 1 heterocycles. The van der Waals surface area contributed by atoms with Crippen LogP contribution in [0.1, 0.15) is 17.5 Å². The lowest BCUT2D eigenvalue weighted by atomic mass is 9.85. The van der Waals surface area contributed by atoms with E-state index in [9.17, 15) is 9.59 Å². The highest BCUT2D eigenvalue weighted by atomic mass is 35.5. The number of benzene rings is 3. The number of rotatable bonds is 5. The minimum atomic E-state index is -0.270. The first kappa shape index (κ1) is 20.2. The number of hydrogen-bond donors (Lipinski definition) is 0. The van der Waals surface area contributed by atoms with Gasteiger partial charge in [0, 0.05) is 16.1 Å². The average molecular weight is 457 g/mol. The number of hydrogen-bond acceptors (Lipinski definition) is 4. The van der Waals surface area contributed by atoms with E-state index in [1.807, 2.05) is 60.7 Å². The maximum absolute atomic E-state index is 13.0. The summed E-state index contributed by atoms with van der Waals surface area (Å²) in [4.78, 5) is 26.0. The molecule has 4 unspecified atom stereocenters. The van der Waals surface area contributed by atoms with Crippen molar-refractivity contribution < 1.29 is 14.3 Å². The first-order valence-corrected chi connectivity index (χ1v) is 11.5. The summed E-state index contributed by atoms with van der Waals surface area (Å²) in [5.74, 6) is -0.0131. The van der Waals surface area contributed by atoms with Gasteiger partial charge in [-0.2, -0.15) is 10.1 Å². The van der Waals surface area contributed by atoms with Crippen LogP contribution in [0, 0.1) is 23.7 Å². The maximum Gasteiger partial charge on any atom is 0.254 e. The van der Waals surface area contributed by atoms with Crippen LogP contribution in [0.5, 0.6) is 5.75 Å². The molecule has 6 heteroatoms. The summed E-state index contributed by atoms with van der Waals surface area (Å²) < 4.78 is 6.13. The Hall–Kier alpha value is -3.44. The lowest BCUT2D eigenvalue weighted by Gasteiger charge is -2.14. The second-order valence-electron chi connectivity index (χ2n) is 8.81. The minimum Gasteiger partial charge on any atom is -0.488 e. The Morgan fingerprint density at radius 2 is 1.64 bits per heavy atom. The fourth-order valence-electron chi connectivity index (χ4n) is 5.42. The zero-order valence-electron chi connectivity index (χ0n) is 17.7. The molecule has 0 spiro atoms. The van der Waals surface area contributed by atoms with Crippen molar-refractivity contribution in [3.05, 3.63) is 89.0 Å². The molecule has 2 bridgehead atoms. The third-order valence-corrected chi connectivity index (χ3v) is 7.39. The fraction of sp³-hybridized carbons (Fsp3) is 0.222. The maximum atomic E-state index is 13.0. The number of nitrogens with zero attached hydrogens (tertiary/aromatic N) is 2. The minimum absolute atomic E-state index is 0.156. The quantitative estimate of drug-likeness (QED) is 0.300. The summed E-state index contributed by atoms with van der Waals surface area (Å²) in [6, 6.07) is 19.3. The Balaban J connectivity index is 1.33. The number of imide groups is 1. The molecular weight excluding hydrogens is 436 g/mol. The third kappa shape index (κ3) is 3.26. The zero-order valence-corrected chi connectivity index (χ0v) is 18.5. The second-order valence-corrected chi connectivity index (χ2v) is 9.22. The molecule has 1 saturated carbocycles. The Bertz CT molecular complexity index is 1320. The van der Waals surface area contributed by atoms with Gasteiger partial charge in [0.1, 0.15) is 12.4 Å². The highest BCUT2D eigenvalue weighted by Gasteiger charge is 2.59. The smallest absolute Gasteiger partial charge is 0.254 e. The van der Waals surface area contributed by atoms with Crippen LogP contribution in [-0.4, -0.2) is 23.0 Å². The topological polar surface area (TPSA) is 59.0 Å². The van der Waals surface area contributed by atoms with Gasteiger partial charge in [-0.1, -0.05) is 72.3 Å². The molecule has 3 aliphatic rings. The third-order valence-electron chi connectivity index (χ3n) is 7.02. The van der Waals surface area contributed by atoms with Gasteiger partial charge < -0.3 is 4.74 Å². The Morgan fingerprint density at radius 3 is 2.39 bits per heavy atom. The standard InChI is InChI=1S/C27H21ClN2O3/c28-22-8-4-2-6-19(22)15-33-23-12-11-16-5-1-3-7-20(16)21(23)14-29-30-26(31)24-17-9-10-18(13-17)25(24)27(30)32/h1-12,14,17-18,24-25H,13,15H2. The van der Waals surface area contributed by atoms with E-state index >= 15 is 0 Å². The van der Waals surface area contributed by atoms with E-state index in [4.69, 9.17) is 16.3 Å². The predicted octanol–water partition coefficient (Wildman–Crippen LogP) is 5.21. The van der Waals surface area contributed by atoms with Crippen molar-refractivity contribution >= 4 is 40.4 Å². The number of ether oxygens (including phenoxy) is 1. The van der Waals surface area contributed by atoms with Crippen molar-refractivity contribution in [2.45, 2.75) is 13.0 Å². The van der Waals surface area contributed by atoms with Crippen LogP contribution in [0.3, 0.4) is 0 Å². The van der Waals surface area contributed by atoms with Crippen LogP contribution in [0.2, 0.25) is 5.02 Å². The molecule has 0 aromatic heterocycles. The molecule has 3 aromatic rings. The zero-order chi connectivity index (χ0) is 22.5. The predicted molar refractivity (Wildman–Crippen MR) is 127 cm³/mol. The number of carbonyl (C=O) groups is 2. The van der Waals surface area contributed by atoms with Gasteiger partial charge in [-0.25, -0.2) is 0 Å². The van der Waals surface area contributed by atoms with E-state index in [1.54, 1.807) is 6.21 Å². The monoisotopic (exact) mass is 456 g/mol. The Morgan fingerprint density at radius 1 is 0.939 bits per heavy atom. The van der Waals surface area contributed by atoms with Crippen molar-refractivity contribution in [3.63, 3.8) is 0 Å². The van der Waals surface area contributed by atoms with E-state index < -0.39 is 0 Å². The normalized spacial score (nSPS) is 25.5. The summed E-state index contributed by atoms with van der Waals surface area (Å²) in [7, 11) is 0. The van der Waals surface area contributed by atoms with E-state index in [-0.39, 0.29) is 35.5 Å². The van der Waals surface area contributed by atoms with Crippen molar-refractivity contribution in [1.29, 1.82) is 0 Å². The summed E-state index contributed by atoms with van der Waals surface area (Å²) in [6.07, 6.45) is 6.63. The van der Waals surface area contributed by atoms with E-state index in [1.165, 1.54) is 0 Å². The summed E-state index contributed by atoms with van der Waals surface area (Å²) in [6.45, 7) is 0.291. The molecule has 1 saturated heterocycles. The molecule has 164 valence electrons. The Labute approximate surface area is 196 Å². The first-order valence-electron chi connectivity index (χ1n) is 11.1. The van der Waals surface area contributed by atoms with Crippen LogP contribution in [0.25, 0.3) is 10.8 Å². The number of hydrazone groups is 1. The van der Waals surface area contributed by atoms with Crippen LogP contribution in [0.15, 0.2) is 77.9 Å². The summed E-state index contributed by atoms with van der Waals surface area (Å²) >= 11 is 6.29. The summed E-state index contributed by atoms with van der Waals surface area (Å²) in [5, 5.41) is 8.05. The van der Waals surface area contributed by atoms with E-state index in [2.05, 4.69) is 17.3 Å². The van der Waals surface area contributed by atoms with Crippen molar-refractivity contribution in [2.24, 2.45) is 28.8 Å². The molecule has 2 amide bonds. The van der Waals surface area contributed by atoms with Crippen molar-refractivity contribution in [1.82, 2.24) is 5.01 Å². The molecule has 3 aromatic carbocycles. The van der Waals surface area contributed by atoms with Gasteiger partial charge in [0.15, 0.2) is 0 Å². The number of carbonyl (C=O) groups excluding carboxylic acids is 2. The van der Waals surface area contributed by atoms with Gasteiger partial charge in [0.05, 0.1) is 18.1 Å². The number of halogens is 1. The molecule has 4 atom stereocenters. The highest BCUT2D eigenvalue weighted by molar-refractivity contribution is 6.31. The number of amides is 2. The van der Waals surface area contributed by atoms with E-state index in [0.717, 1.165) is 33.3 Å². The van der Waals surface area contributed by atoms with Crippen LogP contribution in [-0.2, 0) is 16.2 Å². The molecule has 1 aliphatic heterocycles. The molecule has 33 heavy (non-hydrogen) atoms. The van der Waals surface area contributed by atoms with Crippen LogP contribution >= 0.6 is 11.6 Å². The lowest BCUT2D eigenvalue weighted by molar-refractivity contribution is -0.140. The largest absolute Gasteiger partial charge is 0.488 e. The molecular formula is C27H21ClN2O3. The van der Waals surface area contributed by atoms with Gasteiger partial charge in [-0.05, 0) is 41.2 Å². The first-order chi connectivity index (χ1) is 16.1. The fourth-order valence-corrected chi connectivity index (χ4v) is 5.61. The second kappa shape index (κ2) is 7.85. The van der Waals surface area contributed by atoms with Crippen LogP contribution in [0.4, 0.5) is 0 Å². The van der Waals surface area contributed by atoms with Crippen molar-refractivity contribution in [2.75, 3.05) is 0 Å². The molecule has 2 fully saturated rings. The Kier molecular flexibility index (Phi) is 4.80. The molecule has 0 N–H and O–H groups in total. The molecule has 0 radical (unpaired) electrons. The van der Waals surface area contributed by atoms with Gasteiger partial charge in [-0.3, -0.25) is 9.59 Å². The summed E-state index contributed by atoms with van der Waals surface area (Å²) in [5.41, 5.74) is 1.59. The van der Waals surface area contributed by atoms with Gasteiger partial charge in [0.25, 0.3) is 11.8 Å². The highest BCUT2D eigenvalue weighted by Crippen LogP contribution is 2.52. The average Bonchev–Trinajstić information content (AvgIpc) is 3.52. The number of allylic oxidation sites excluding steroid dienone is 2. The van der Waals surface area contributed by atoms with Gasteiger partial charge >= 0.3 is 0 Å². The SMILES string of the molecule is O=C1C2C3C=CC(C3)C2C(=O)N1N=Cc1c(OCc2ccccc2Cl)ccc2ccccc12. The van der Waals surface area contributed by atoms with Crippen LogP contribution < -0.4 is 4.74 Å².